The Labute approximate surface area is 243 Å². The molecule has 1 rings (SSSR count). The highest BCUT2D eigenvalue weighted by molar-refractivity contribution is 5.76. The first-order valence-electron chi connectivity index (χ1n) is 14.1. The lowest BCUT2D eigenvalue weighted by Crippen LogP contribution is -2.40. The molecule has 0 aliphatic rings. The molecule has 3 unspecified atom stereocenters. The second-order valence-electron chi connectivity index (χ2n) is 11.0. The van der Waals surface area contributed by atoms with Crippen molar-refractivity contribution >= 4 is 24.2 Å². The largest absolute Gasteiger partial charge is 0.514 e. The standard InChI is InChI=1S/C30H47NO10/c1-11-18(6)27(32)36-21(9)22(10)37-28(33)24(31)14-23-12-13-25(40-29(34)38-19(7)16(2)3)26(15-23)41-30(35)39-20(8)17(4)5/h12-13,15-22,24H,11,14,31H2,1-10H3/t18?,19?,20?,21-,22-,24-/m0/s1. The quantitative estimate of drug-likeness (QED) is 0.166. The molecule has 0 amide bonds. The van der Waals surface area contributed by atoms with E-state index in [2.05, 4.69) is 0 Å². The van der Waals surface area contributed by atoms with E-state index in [-0.39, 0.29) is 41.6 Å². The van der Waals surface area contributed by atoms with Gasteiger partial charge in [0.05, 0.1) is 5.92 Å². The highest BCUT2D eigenvalue weighted by atomic mass is 16.8. The monoisotopic (exact) mass is 581 g/mol. The molecule has 11 nitrogen and oxygen atoms in total. The first-order chi connectivity index (χ1) is 19.0. The van der Waals surface area contributed by atoms with Gasteiger partial charge in [-0.1, -0.05) is 47.6 Å². The number of hydrogen-bond acceptors (Lipinski definition) is 11. The number of hydrogen-bond donors (Lipinski definition) is 1. The van der Waals surface area contributed by atoms with E-state index in [4.69, 9.17) is 34.2 Å². The lowest BCUT2D eigenvalue weighted by molar-refractivity contribution is -0.168. The second kappa shape index (κ2) is 16.8. The van der Waals surface area contributed by atoms with Gasteiger partial charge in [0.2, 0.25) is 0 Å². The molecule has 0 saturated carbocycles. The molecule has 0 heterocycles. The van der Waals surface area contributed by atoms with E-state index >= 15 is 0 Å². The lowest BCUT2D eigenvalue weighted by atomic mass is 10.1. The lowest BCUT2D eigenvalue weighted by Gasteiger charge is -2.23. The number of esters is 2. The Morgan fingerprint density at radius 2 is 1.12 bits per heavy atom. The van der Waals surface area contributed by atoms with Crippen molar-refractivity contribution in [3.63, 3.8) is 0 Å². The molecule has 1 aromatic rings. The van der Waals surface area contributed by atoms with Gasteiger partial charge in [0.1, 0.15) is 30.5 Å². The molecular formula is C30H47NO10. The summed E-state index contributed by atoms with van der Waals surface area (Å²) in [6.07, 6.45) is -3.54. The molecule has 2 N–H and O–H groups in total. The summed E-state index contributed by atoms with van der Waals surface area (Å²) in [5.74, 6) is -1.43. The number of benzene rings is 1. The summed E-state index contributed by atoms with van der Waals surface area (Å²) in [5, 5.41) is 0. The summed E-state index contributed by atoms with van der Waals surface area (Å²) in [4.78, 5) is 49.5. The maximum atomic E-state index is 12.7. The van der Waals surface area contributed by atoms with E-state index in [0.717, 1.165) is 0 Å². The molecule has 41 heavy (non-hydrogen) atoms. The third-order valence-electron chi connectivity index (χ3n) is 6.87. The topological polar surface area (TPSA) is 150 Å². The predicted octanol–water partition coefficient (Wildman–Crippen LogP) is 5.59. The molecular weight excluding hydrogens is 534 g/mol. The highest BCUT2D eigenvalue weighted by Gasteiger charge is 2.26. The number of ether oxygens (including phenoxy) is 6. The van der Waals surface area contributed by atoms with Gasteiger partial charge in [-0.3, -0.25) is 9.59 Å². The third kappa shape index (κ3) is 12.4. The van der Waals surface area contributed by atoms with E-state index < -0.39 is 48.7 Å². The smallest absolute Gasteiger partial charge is 0.459 e. The van der Waals surface area contributed by atoms with Crippen molar-refractivity contribution < 1.29 is 47.6 Å². The van der Waals surface area contributed by atoms with Crippen LogP contribution in [0.25, 0.3) is 0 Å². The van der Waals surface area contributed by atoms with E-state index in [1.54, 1.807) is 40.7 Å². The summed E-state index contributed by atoms with van der Waals surface area (Å²) < 4.78 is 32.0. The third-order valence-corrected chi connectivity index (χ3v) is 6.87. The van der Waals surface area contributed by atoms with Gasteiger partial charge in [0.15, 0.2) is 11.5 Å². The Kier molecular flexibility index (Phi) is 14.6. The summed E-state index contributed by atoms with van der Waals surface area (Å²) in [5.41, 5.74) is 6.60. The van der Waals surface area contributed by atoms with Gasteiger partial charge >= 0.3 is 24.2 Å². The molecule has 1 aromatic carbocycles. The van der Waals surface area contributed by atoms with E-state index in [0.29, 0.717) is 12.0 Å². The number of carbonyl (C=O) groups excluding carboxylic acids is 4. The van der Waals surface area contributed by atoms with Gasteiger partial charge in [-0.15, -0.1) is 0 Å². The van der Waals surface area contributed by atoms with Crippen LogP contribution in [0.1, 0.15) is 81.2 Å². The van der Waals surface area contributed by atoms with E-state index in [9.17, 15) is 19.2 Å². The highest BCUT2D eigenvalue weighted by Crippen LogP contribution is 2.30. The average Bonchev–Trinajstić information content (AvgIpc) is 2.88. The zero-order valence-electron chi connectivity index (χ0n) is 25.9. The van der Waals surface area contributed by atoms with Crippen LogP contribution in [0.2, 0.25) is 0 Å². The van der Waals surface area contributed by atoms with Crippen molar-refractivity contribution in [3.05, 3.63) is 23.8 Å². The maximum Gasteiger partial charge on any atom is 0.514 e. The van der Waals surface area contributed by atoms with Crippen LogP contribution in [0.3, 0.4) is 0 Å². The van der Waals surface area contributed by atoms with Crippen molar-refractivity contribution in [1.29, 1.82) is 0 Å². The number of rotatable bonds is 14. The summed E-state index contributed by atoms with van der Waals surface area (Å²) in [6, 6.07) is 3.31. The molecule has 6 atom stereocenters. The van der Waals surface area contributed by atoms with Gasteiger partial charge in [0.25, 0.3) is 0 Å². The van der Waals surface area contributed by atoms with E-state index in [1.165, 1.54) is 12.1 Å². The van der Waals surface area contributed by atoms with Crippen LogP contribution in [-0.4, -0.2) is 54.7 Å². The zero-order valence-corrected chi connectivity index (χ0v) is 25.9. The van der Waals surface area contributed by atoms with Gasteiger partial charge in [0, 0.05) is 0 Å². The summed E-state index contributed by atoms with van der Waals surface area (Å²) in [6.45, 7) is 17.9. The predicted molar refractivity (Wildman–Crippen MR) is 152 cm³/mol. The van der Waals surface area contributed by atoms with Crippen LogP contribution < -0.4 is 15.2 Å². The SMILES string of the molecule is CCC(C)C(=O)O[C@@H](C)[C@H](C)OC(=O)[C@@H](N)Cc1ccc(OC(=O)OC(C)C(C)C)c(OC(=O)OC(C)C(C)C)c1. The van der Waals surface area contributed by atoms with Gasteiger partial charge < -0.3 is 34.2 Å². The minimum absolute atomic E-state index is 0.00943. The molecule has 232 valence electrons. The Morgan fingerprint density at radius 1 is 0.659 bits per heavy atom. The van der Waals surface area contributed by atoms with Crippen molar-refractivity contribution in [2.24, 2.45) is 23.5 Å². The normalized spacial score (nSPS) is 15.6. The van der Waals surface area contributed by atoms with Crippen molar-refractivity contribution in [1.82, 2.24) is 0 Å². The molecule has 0 fully saturated rings. The van der Waals surface area contributed by atoms with Crippen LogP contribution in [-0.2, 0) is 35.0 Å². The minimum Gasteiger partial charge on any atom is -0.459 e. The molecule has 0 saturated heterocycles. The Hall–Kier alpha value is -3.34. The fourth-order valence-electron chi connectivity index (χ4n) is 2.91. The van der Waals surface area contributed by atoms with Crippen LogP contribution in [0, 0.1) is 17.8 Å². The first kappa shape index (κ1) is 35.7. The van der Waals surface area contributed by atoms with E-state index in [1.807, 2.05) is 34.6 Å². The molecule has 0 aromatic heterocycles. The Bertz CT molecular complexity index is 1020. The van der Waals surface area contributed by atoms with Gasteiger partial charge in [-0.2, -0.15) is 0 Å². The molecule has 0 aliphatic heterocycles. The fourth-order valence-corrected chi connectivity index (χ4v) is 2.91. The average molecular weight is 582 g/mol. The molecule has 11 heteroatoms. The summed E-state index contributed by atoms with van der Waals surface area (Å²) in [7, 11) is 0. The van der Waals surface area contributed by atoms with Gasteiger partial charge in [-0.05, 0) is 70.1 Å². The second-order valence-corrected chi connectivity index (χ2v) is 11.0. The minimum atomic E-state index is -1.08. The molecule has 0 bridgehead atoms. The fraction of sp³-hybridized carbons (Fsp3) is 0.667. The Morgan fingerprint density at radius 3 is 1.59 bits per heavy atom. The van der Waals surface area contributed by atoms with Crippen LogP contribution >= 0.6 is 0 Å². The first-order valence-corrected chi connectivity index (χ1v) is 14.1. The number of carbonyl (C=O) groups is 4. The Balaban J connectivity index is 3.02. The van der Waals surface area contributed by atoms with Crippen molar-refractivity contribution in [2.75, 3.05) is 0 Å². The molecule has 0 aliphatic carbocycles. The van der Waals surface area contributed by atoms with Crippen LogP contribution in [0.4, 0.5) is 9.59 Å². The molecule has 0 spiro atoms. The van der Waals surface area contributed by atoms with Crippen LogP contribution in [0.5, 0.6) is 11.5 Å². The van der Waals surface area contributed by atoms with Crippen molar-refractivity contribution in [3.8, 4) is 11.5 Å². The van der Waals surface area contributed by atoms with Crippen LogP contribution in [0.15, 0.2) is 18.2 Å². The number of nitrogens with two attached hydrogens (primary N) is 1. The maximum absolute atomic E-state index is 12.7. The summed E-state index contributed by atoms with van der Waals surface area (Å²) >= 11 is 0. The zero-order chi connectivity index (χ0) is 31.4. The van der Waals surface area contributed by atoms with Gasteiger partial charge in [-0.25, -0.2) is 9.59 Å². The van der Waals surface area contributed by atoms with Crippen molar-refractivity contribution in [2.45, 2.75) is 113 Å². The molecule has 0 radical (unpaired) electrons.